The lowest BCUT2D eigenvalue weighted by Crippen LogP contribution is -2.31. The fraction of sp³-hybridized carbons (Fsp3) is 0. The number of amides is 1. The number of nitrogens with one attached hydrogen (secondary N) is 2. The van der Waals surface area contributed by atoms with Crippen molar-refractivity contribution in [3.63, 3.8) is 0 Å². The highest BCUT2D eigenvalue weighted by Gasteiger charge is 2.09. The molecule has 1 amide bonds. The third-order valence-corrected chi connectivity index (χ3v) is 3.88. The van der Waals surface area contributed by atoms with Gasteiger partial charge in [0.2, 0.25) is 0 Å². The topological polar surface area (TPSA) is 86.6 Å². The molecule has 0 bridgehead atoms. The van der Waals surface area contributed by atoms with Crippen LogP contribution in [0.2, 0.25) is 0 Å². The Labute approximate surface area is 154 Å². The molecule has 6 nitrogen and oxygen atoms in total. The van der Waals surface area contributed by atoms with E-state index in [4.69, 9.17) is 12.2 Å². The average molecular weight is 458 g/mol. The predicted molar refractivity (Wildman–Crippen MR) is 99.7 cm³/mol. The molecule has 0 saturated carbocycles. The monoisotopic (exact) mass is 456 g/mol. The number of phenolic OH excluding ortho intramolecular Hbond substituents is 1. The van der Waals surface area contributed by atoms with Gasteiger partial charge in [0.1, 0.15) is 11.6 Å². The second-order valence-corrected chi connectivity index (χ2v) is 6.37. The van der Waals surface area contributed by atoms with Gasteiger partial charge in [-0.1, -0.05) is 34.2 Å². The van der Waals surface area contributed by atoms with E-state index in [1.54, 1.807) is 36.5 Å². The van der Waals surface area contributed by atoms with Gasteiger partial charge in [0, 0.05) is 16.2 Å². The van der Waals surface area contributed by atoms with Crippen molar-refractivity contribution in [2.45, 2.75) is 0 Å². The minimum Gasteiger partial charge on any atom is -0.506 e. The molecule has 2 rings (SSSR count). The quantitative estimate of drug-likeness (QED) is 0.374. The fourth-order valence-electron chi connectivity index (χ4n) is 1.51. The molecule has 23 heavy (non-hydrogen) atoms. The number of carbonyl (C=O) groups is 1. The van der Waals surface area contributed by atoms with E-state index in [9.17, 15) is 9.90 Å². The SMILES string of the molecule is O=C(Nc1ccccn1)C(=S)N/N=C\c1cc(Br)cc(Br)c1O. The second kappa shape index (κ2) is 8.14. The summed E-state index contributed by atoms with van der Waals surface area (Å²) >= 11 is 11.5. The number of pyridine rings is 1. The Morgan fingerprint density at radius 2 is 2.13 bits per heavy atom. The number of anilines is 1. The number of hydrogen-bond donors (Lipinski definition) is 3. The van der Waals surface area contributed by atoms with Gasteiger partial charge in [0.15, 0.2) is 4.99 Å². The summed E-state index contributed by atoms with van der Waals surface area (Å²) in [5.41, 5.74) is 2.89. The van der Waals surface area contributed by atoms with Crippen LogP contribution in [0.3, 0.4) is 0 Å². The summed E-state index contributed by atoms with van der Waals surface area (Å²) in [6, 6.07) is 8.48. The highest BCUT2D eigenvalue weighted by Crippen LogP contribution is 2.30. The van der Waals surface area contributed by atoms with Crippen molar-refractivity contribution in [1.29, 1.82) is 0 Å². The number of hydrazone groups is 1. The first-order chi connectivity index (χ1) is 11.0. The summed E-state index contributed by atoms with van der Waals surface area (Å²) in [5, 5.41) is 16.3. The summed E-state index contributed by atoms with van der Waals surface area (Å²) in [7, 11) is 0. The lowest BCUT2D eigenvalue weighted by atomic mass is 10.2. The first kappa shape index (κ1) is 17.5. The third-order valence-electron chi connectivity index (χ3n) is 2.54. The molecule has 1 aromatic heterocycles. The molecule has 9 heteroatoms. The van der Waals surface area contributed by atoms with Crippen LogP contribution in [0.15, 0.2) is 50.6 Å². The smallest absolute Gasteiger partial charge is 0.285 e. The van der Waals surface area contributed by atoms with Crippen LogP contribution in [0.4, 0.5) is 5.82 Å². The van der Waals surface area contributed by atoms with Gasteiger partial charge in [-0.2, -0.15) is 5.10 Å². The minimum absolute atomic E-state index is 0.0302. The van der Waals surface area contributed by atoms with E-state index < -0.39 is 5.91 Å². The van der Waals surface area contributed by atoms with Crippen LogP contribution < -0.4 is 10.7 Å². The molecular weight excluding hydrogens is 448 g/mol. The van der Waals surface area contributed by atoms with Crippen LogP contribution in [-0.2, 0) is 4.79 Å². The number of phenols is 1. The number of benzene rings is 1. The van der Waals surface area contributed by atoms with Gasteiger partial charge in [-0.25, -0.2) is 4.98 Å². The van der Waals surface area contributed by atoms with E-state index in [-0.39, 0.29) is 10.7 Å². The van der Waals surface area contributed by atoms with E-state index in [0.717, 1.165) is 4.47 Å². The molecule has 0 aliphatic heterocycles. The summed E-state index contributed by atoms with van der Waals surface area (Å²) in [6.45, 7) is 0. The molecule has 0 aliphatic rings. The van der Waals surface area contributed by atoms with Gasteiger partial charge < -0.3 is 10.4 Å². The molecular formula is C14H10Br2N4O2S. The second-order valence-electron chi connectivity index (χ2n) is 4.19. The van der Waals surface area contributed by atoms with Crippen molar-refractivity contribution >= 4 is 67.0 Å². The molecule has 0 saturated heterocycles. The molecule has 0 radical (unpaired) electrons. The van der Waals surface area contributed by atoms with Gasteiger partial charge in [-0.15, -0.1) is 0 Å². The Hall–Kier alpha value is -1.84. The molecule has 0 unspecified atom stereocenters. The van der Waals surface area contributed by atoms with Crippen molar-refractivity contribution in [3.05, 3.63) is 51.0 Å². The molecule has 0 aliphatic carbocycles. The molecule has 118 valence electrons. The van der Waals surface area contributed by atoms with Gasteiger partial charge in [-0.3, -0.25) is 10.2 Å². The number of hydrogen-bond acceptors (Lipinski definition) is 5. The van der Waals surface area contributed by atoms with E-state index in [1.807, 2.05) is 0 Å². The number of aromatic hydroxyl groups is 1. The lowest BCUT2D eigenvalue weighted by Gasteiger charge is -2.05. The standard InChI is InChI=1S/C14H10Br2N4O2S/c15-9-5-8(12(21)10(16)6-9)7-18-20-14(23)13(22)19-11-3-1-2-4-17-11/h1-7,21H,(H,20,23)(H,17,19,22)/b18-7-. The third kappa shape index (κ3) is 5.08. The maximum Gasteiger partial charge on any atom is 0.285 e. The molecule has 2 aromatic rings. The van der Waals surface area contributed by atoms with Gasteiger partial charge in [-0.05, 0) is 40.2 Å². The highest BCUT2D eigenvalue weighted by atomic mass is 79.9. The van der Waals surface area contributed by atoms with Crippen LogP contribution in [0.5, 0.6) is 5.75 Å². The number of rotatable bonds is 3. The van der Waals surface area contributed by atoms with Gasteiger partial charge in [0.25, 0.3) is 5.91 Å². The van der Waals surface area contributed by atoms with Crippen LogP contribution in [-0.4, -0.2) is 27.2 Å². The summed E-state index contributed by atoms with van der Waals surface area (Å²) in [5.74, 6) is -0.114. The molecule has 0 atom stereocenters. The summed E-state index contributed by atoms with van der Waals surface area (Å²) in [4.78, 5) is 15.7. The molecule has 1 heterocycles. The summed E-state index contributed by atoms with van der Waals surface area (Å²) in [6.07, 6.45) is 2.91. The van der Waals surface area contributed by atoms with Gasteiger partial charge >= 0.3 is 0 Å². The Balaban J connectivity index is 1.97. The Kier molecular flexibility index (Phi) is 6.20. The van der Waals surface area contributed by atoms with Crippen molar-refractivity contribution < 1.29 is 9.90 Å². The number of thiocarbonyl (C=S) groups is 1. The molecule has 0 fully saturated rings. The maximum absolute atomic E-state index is 11.8. The largest absolute Gasteiger partial charge is 0.506 e. The fourth-order valence-corrected chi connectivity index (χ4v) is 2.87. The van der Waals surface area contributed by atoms with E-state index in [2.05, 4.69) is 52.7 Å². The van der Waals surface area contributed by atoms with Crippen LogP contribution >= 0.6 is 44.1 Å². The van der Waals surface area contributed by atoms with E-state index in [1.165, 1.54) is 6.21 Å². The van der Waals surface area contributed by atoms with Crippen LogP contribution in [0.25, 0.3) is 0 Å². The number of halogens is 2. The van der Waals surface area contributed by atoms with E-state index >= 15 is 0 Å². The lowest BCUT2D eigenvalue weighted by molar-refractivity contribution is -0.110. The zero-order valence-corrected chi connectivity index (χ0v) is 15.4. The average Bonchev–Trinajstić information content (AvgIpc) is 2.52. The predicted octanol–water partition coefficient (Wildman–Crippen LogP) is 3.20. The normalized spacial score (nSPS) is 10.5. The number of carbonyl (C=O) groups excluding carboxylic acids is 1. The molecule has 1 aromatic carbocycles. The zero-order valence-electron chi connectivity index (χ0n) is 11.5. The zero-order chi connectivity index (χ0) is 16.8. The minimum atomic E-state index is -0.532. The Bertz CT molecular complexity index is 769. The highest BCUT2D eigenvalue weighted by molar-refractivity contribution is 9.11. The van der Waals surface area contributed by atoms with Crippen LogP contribution in [0.1, 0.15) is 5.56 Å². The number of nitrogens with zero attached hydrogens (tertiary/aromatic N) is 2. The van der Waals surface area contributed by atoms with Crippen molar-refractivity contribution in [1.82, 2.24) is 10.4 Å². The van der Waals surface area contributed by atoms with E-state index in [0.29, 0.717) is 15.9 Å². The molecule has 3 N–H and O–H groups in total. The molecule has 0 spiro atoms. The van der Waals surface area contributed by atoms with Gasteiger partial charge in [0.05, 0.1) is 10.7 Å². The Morgan fingerprint density at radius 1 is 1.35 bits per heavy atom. The van der Waals surface area contributed by atoms with Crippen LogP contribution in [0, 0.1) is 0 Å². The summed E-state index contributed by atoms with van der Waals surface area (Å²) < 4.78 is 1.28. The number of aromatic nitrogens is 1. The Morgan fingerprint density at radius 3 is 2.83 bits per heavy atom. The van der Waals surface area contributed by atoms with Crippen molar-refractivity contribution in [3.8, 4) is 5.75 Å². The first-order valence-corrected chi connectivity index (χ1v) is 8.20. The first-order valence-electron chi connectivity index (χ1n) is 6.21. The maximum atomic E-state index is 11.8. The van der Waals surface area contributed by atoms with Crippen molar-refractivity contribution in [2.75, 3.05) is 5.32 Å². The van der Waals surface area contributed by atoms with Crippen molar-refractivity contribution in [2.24, 2.45) is 5.10 Å².